The zero-order valence-electron chi connectivity index (χ0n) is 9.72. The standard InChI is InChI=1S/C12H19NO3/c1-13(9-11-4-8-14-10-11)5-3-12-15-6-2-7-16-12/h4,8,10,12H,2-3,5-7,9H2,1H3. The molecule has 2 rings (SSSR count). The van der Waals surface area contributed by atoms with Gasteiger partial charge in [0, 0.05) is 25.1 Å². The van der Waals surface area contributed by atoms with E-state index in [2.05, 4.69) is 11.9 Å². The summed E-state index contributed by atoms with van der Waals surface area (Å²) in [6.45, 7) is 3.53. The first-order valence-electron chi connectivity index (χ1n) is 5.77. The van der Waals surface area contributed by atoms with E-state index in [0.717, 1.165) is 39.1 Å². The molecular weight excluding hydrogens is 206 g/mol. The molecule has 0 unspecified atom stereocenters. The van der Waals surface area contributed by atoms with E-state index in [0.29, 0.717) is 0 Å². The van der Waals surface area contributed by atoms with Crippen molar-refractivity contribution in [2.75, 3.05) is 26.8 Å². The average molecular weight is 225 g/mol. The van der Waals surface area contributed by atoms with Gasteiger partial charge in [-0.25, -0.2) is 0 Å². The second-order valence-corrected chi connectivity index (χ2v) is 4.18. The Morgan fingerprint density at radius 1 is 1.38 bits per heavy atom. The van der Waals surface area contributed by atoms with E-state index in [4.69, 9.17) is 13.9 Å². The predicted octanol–water partition coefficient (Wildman–Crippen LogP) is 1.86. The molecule has 90 valence electrons. The molecule has 0 aromatic carbocycles. The molecule has 2 heterocycles. The van der Waals surface area contributed by atoms with E-state index in [9.17, 15) is 0 Å². The third kappa shape index (κ3) is 3.63. The zero-order valence-corrected chi connectivity index (χ0v) is 9.72. The van der Waals surface area contributed by atoms with Gasteiger partial charge in [-0.1, -0.05) is 0 Å². The summed E-state index contributed by atoms with van der Waals surface area (Å²) in [5, 5.41) is 0. The van der Waals surface area contributed by atoms with E-state index in [-0.39, 0.29) is 6.29 Å². The Balaban J connectivity index is 1.65. The Hall–Kier alpha value is -0.840. The van der Waals surface area contributed by atoms with E-state index in [1.165, 1.54) is 5.56 Å². The number of rotatable bonds is 5. The average Bonchev–Trinajstić information content (AvgIpc) is 2.81. The van der Waals surface area contributed by atoms with Crippen molar-refractivity contribution in [2.24, 2.45) is 0 Å². The lowest BCUT2D eigenvalue weighted by atomic mass is 10.3. The minimum atomic E-state index is -0.0134. The quantitative estimate of drug-likeness (QED) is 0.766. The summed E-state index contributed by atoms with van der Waals surface area (Å²) in [5.41, 5.74) is 1.20. The van der Waals surface area contributed by atoms with Gasteiger partial charge in [-0.3, -0.25) is 0 Å². The first-order chi connectivity index (χ1) is 7.84. The Morgan fingerprint density at radius 3 is 2.88 bits per heavy atom. The number of nitrogens with zero attached hydrogens (tertiary/aromatic N) is 1. The molecule has 1 fully saturated rings. The summed E-state index contributed by atoms with van der Waals surface area (Å²) >= 11 is 0. The molecule has 0 saturated carbocycles. The minimum Gasteiger partial charge on any atom is -0.472 e. The van der Waals surface area contributed by atoms with Crippen LogP contribution < -0.4 is 0 Å². The lowest BCUT2D eigenvalue weighted by Gasteiger charge is -2.25. The van der Waals surface area contributed by atoms with Gasteiger partial charge < -0.3 is 18.8 Å². The summed E-state index contributed by atoms with van der Waals surface area (Å²) in [6, 6.07) is 1.99. The fourth-order valence-corrected chi connectivity index (χ4v) is 1.80. The number of hydrogen-bond acceptors (Lipinski definition) is 4. The highest BCUT2D eigenvalue weighted by Crippen LogP contribution is 2.10. The molecule has 0 radical (unpaired) electrons. The maximum absolute atomic E-state index is 5.50. The van der Waals surface area contributed by atoms with Gasteiger partial charge in [0.2, 0.25) is 0 Å². The fourth-order valence-electron chi connectivity index (χ4n) is 1.80. The first-order valence-corrected chi connectivity index (χ1v) is 5.77. The van der Waals surface area contributed by atoms with Crippen molar-refractivity contribution in [1.82, 2.24) is 4.90 Å². The van der Waals surface area contributed by atoms with Gasteiger partial charge in [0.15, 0.2) is 6.29 Å². The topological polar surface area (TPSA) is 34.8 Å². The molecule has 0 aliphatic carbocycles. The van der Waals surface area contributed by atoms with Crippen LogP contribution >= 0.6 is 0 Å². The van der Waals surface area contributed by atoms with Gasteiger partial charge in [0.1, 0.15) is 0 Å². The largest absolute Gasteiger partial charge is 0.472 e. The molecular formula is C12H19NO3. The van der Waals surface area contributed by atoms with Crippen LogP contribution in [0.5, 0.6) is 0 Å². The summed E-state index contributed by atoms with van der Waals surface area (Å²) in [7, 11) is 2.09. The lowest BCUT2D eigenvalue weighted by molar-refractivity contribution is -0.182. The molecule has 0 N–H and O–H groups in total. The van der Waals surface area contributed by atoms with Gasteiger partial charge >= 0.3 is 0 Å². The third-order valence-electron chi connectivity index (χ3n) is 2.68. The molecule has 0 spiro atoms. The van der Waals surface area contributed by atoms with Crippen LogP contribution in [0.2, 0.25) is 0 Å². The second-order valence-electron chi connectivity index (χ2n) is 4.18. The SMILES string of the molecule is CN(CCC1OCCCO1)Cc1ccoc1. The Morgan fingerprint density at radius 2 is 2.19 bits per heavy atom. The van der Waals surface area contributed by atoms with Crippen LogP contribution in [0, 0.1) is 0 Å². The molecule has 1 aliphatic heterocycles. The maximum Gasteiger partial charge on any atom is 0.158 e. The summed E-state index contributed by atoms with van der Waals surface area (Å²) in [5.74, 6) is 0. The number of furan rings is 1. The molecule has 1 aromatic heterocycles. The van der Waals surface area contributed by atoms with Crippen molar-refractivity contribution in [3.8, 4) is 0 Å². The highest BCUT2D eigenvalue weighted by molar-refractivity contribution is 5.04. The van der Waals surface area contributed by atoms with Gasteiger partial charge in [0.05, 0.1) is 25.7 Å². The van der Waals surface area contributed by atoms with Crippen molar-refractivity contribution in [3.63, 3.8) is 0 Å². The summed E-state index contributed by atoms with van der Waals surface area (Å²) < 4.78 is 16.0. The van der Waals surface area contributed by atoms with Crippen LogP contribution in [-0.2, 0) is 16.0 Å². The van der Waals surface area contributed by atoms with Crippen LogP contribution in [0.1, 0.15) is 18.4 Å². The van der Waals surface area contributed by atoms with Crippen LogP contribution in [0.3, 0.4) is 0 Å². The third-order valence-corrected chi connectivity index (χ3v) is 2.68. The normalized spacial score (nSPS) is 18.1. The van der Waals surface area contributed by atoms with Gasteiger partial charge in [-0.05, 0) is 19.5 Å². The minimum absolute atomic E-state index is 0.0134. The molecule has 16 heavy (non-hydrogen) atoms. The Labute approximate surface area is 96.1 Å². The van der Waals surface area contributed by atoms with E-state index in [1.807, 2.05) is 6.07 Å². The maximum atomic E-state index is 5.50. The van der Waals surface area contributed by atoms with Gasteiger partial charge in [-0.2, -0.15) is 0 Å². The van der Waals surface area contributed by atoms with Gasteiger partial charge in [0.25, 0.3) is 0 Å². The molecule has 1 aliphatic rings. The Kier molecular flexibility index (Phi) is 4.39. The Bertz CT molecular complexity index is 280. The van der Waals surface area contributed by atoms with Crippen molar-refractivity contribution < 1.29 is 13.9 Å². The smallest absolute Gasteiger partial charge is 0.158 e. The van der Waals surface area contributed by atoms with Crippen LogP contribution in [0.15, 0.2) is 23.0 Å². The molecule has 0 bridgehead atoms. The first kappa shape index (κ1) is 11.6. The molecule has 1 saturated heterocycles. The van der Waals surface area contributed by atoms with E-state index >= 15 is 0 Å². The molecule has 1 aromatic rings. The summed E-state index contributed by atoms with van der Waals surface area (Å²) in [6.07, 6.45) is 5.41. The molecule has 4 nitrogen and oxygen atoms in total. The highest BCUT2D eigenvalue weighted by Gasteiger charge is 2.14. The molecule has 4 heteroatoms. The van der Waals surface area contributed by atoms with Gasteiger partial charge in [-0.15, -0.1) is 0 Å². The van der Waals surface area contributed by atoms with Crippen LogP contribution in [-0.4, -0.2) is 38.0 Å². The van der Waals surface area contributed by atoms with Crippen LogP contribution in [0.4, 0.5) is 0 Å². The number of hydrogen-bond donors (Lipinski definition) is 0. The zero-order chi connectivity index (χ0) is 11.2. The second kappa shape index (κ2) is 6.03. The van der Waals surface area contributed by atoms with Crippen molar-refractivity contribution in [1.29, 1.82) is 0 Å². The van der Waals surface area contributed by atoms with Crippen molar-refractivity contribution in [2.45, 2.75) is 25.7 Å². The van der Waals surface area contributed by atoms with E-state index < -0.39 is 0 Å². The van der Waals surface area contributed by atoms with Crippen molar-refractivity contribution >= 4 is 0 Å². The van der Waals surface area contributed by atoms with Crippen molar-refractivity contribution in [3.05, 3.63) is 24.2 Å². The number of ether oxygens (including phenoxy) is 2. The summed E-state index contributed by atoms with van der Waals surface area (Å²) in [4.78, 5) is 2.24. The predicted molar refractivity (Wildman–Crippen MR) is 60.0 cm³/mol. The van der Waals surface area contributed by atoms with E-state index in [1.54, 1.807) is 12.5 Å². The molecule has 0 atom stereocenters. The highest BCUT2D eigenvalue weighted by atomic mass is 16.7. The molecule has 0 amide bonds. The monoisotopic (exact) mass is 225 g/mol. The van der Waals surface area contributed by atoms with Crippen LogP contribution in [0.25, 0.3) is 0 Å². The lowest BCUT2D eigenvalue weighted by Crippen LogP contribution is -2.29. The fraction of sp³-hybridized carbons (Fsp3) is 0.667.